The van der Waals surface area contributed by atoms with Crippen LogP contribution in [0.15, 0.2) is 0 Å². The van der Waals surface area contributed by atoms with Crippen molar-refractivity contribution in [2.24, 2.45) is 11.8 Å². The Bertz CT molecular complexity index is 200. The number of hydrogen-bond acceptors (Lipinski definition) is 4. The molecule has 0 heterocycles. The largest absolute Gasteiger partial charge is 0.396 e. The van der Waals surface area contributed by atoms with E-state index in [2.05, 4.69) is 0 Å². The molecule has 0 rings (SSSR count). The Kier molecular flexibility index (Phi) is 8.29. The van der Waals surface area contributed by atoms with E-state index in [0.29, 0.717) is 37.6 Å². The zero-order valence-electron chi connectivity index (χ0n) is 10.8. The van der Waals surface area contributed by atoms with Crippen molar-refractivity contribution in [3.8, 4) is 0 Å². The van der Waals surface area contributed by atoms with E-state index in [1.54, 1.807) is 0 Å². The highest BCUT2D eigenvalue weighted by molar-refractivity contribution is 7.53. The Balaban J connectivity index is 4.18. The van der Waals surface area contributed by atoms with E-state index in [0.717, 1.165) is 0 Å². The van der Waals surface area contributed by atoms with Crippen LogP contribution in [-0.4, -0.2) is 31.1 Å². The Labute approximate surface area is 98.9 Å². The van der Waals surface area contributed by atoms with Gasteiger partial charge in [0.1, 0.15) is 0 Å². The molecule has 0 atom stereocenters. The Morgan fingerprint density at radius 3 is 1.81 bits per heavy atom. The fraction of sp³-hybridized carbons (Fsp3) is 1.00. The lowest BCUT2D eigenvalue weighted by molar-refractivity contribution is 0.171. The van der Waals surface area contributed by atoms with Crippen molar-refractivity contribution in [1.82, 2.24) is 0 Å². The van der Waals surface area contributed by atoms with Crippen LogP contribution in [-0.2, 0) is 13.6 Å². The van der Waals surface area contributed by atoms with Gasteiger partial charge in [-0.05, 0) is 18.3 Å². The minimum absolute atomic E-state index is 0.0140. The lowest BCUT2D eigenvalue weighted by Gasteiger charge is -2.20. The van der Waals surface area contributed by atoms with Gasteiger partial charge >= 0.3 is 7.60 Å². The molecule has 0 saturated heterocycles. The third-order valence-electron chi connectivity index (χ3n) is 1.80. The van der Waals surface area contributed by atoms with Crippen LogP contribution in [0, 0.1) is 11.8 Å². The predicted octanol–water partition coefficient (Wildman–Crippen LogP) is 2.91. The molecule has 0 unspecified atom stereocenters. The lowest BCUT2D eigenvalue weighted by atomic mass is 10.2. The molecular formula is C11H25O4P. The van der Waals surface area contributed by atoms with Gasteiger partial charge in [0.2, 0.25) is 0 Å². The van der Waals surface area contributed by atoms with Gasteiger partial charge in [0.05, 0.1) is 19.4 Å². The van der Waals surface area contributed by atoms with Crippen LogP contribution in [0.1, 0.15) is 34.1 Å². The van der Waals surface area contributed by atoms with Gasteiger partial charge in [0.25, 0.3) is 0 Å². The molecule has 0 amide bonds. The molecule has 0 radical (unpaired) electrons. The smallest absolute Gasteiger partial charge is 0.330 e. The normalized spacial score (nSPS) is 12.7. The molecule has 0 aliphatic heterocycles. The first-order chi connectivity index (χ1) is 7.39. The van der Waals surface area contributed by atoms with E-state index in [1.165, 1.54) is 0 Å². The zero-order chi connectivity index (χ0) is 12.6. The standard InChI is InChI=1S/C11H25O4P/c1-10(2)8-14-16(13,7-5-6-12)15-9-11(3)4/h10-12H,5-9H2,1-4H3. The second kappa shape index (κ2) is 8.24. The molecule has 0 fully saturated rings. The van der Waals surface area contributed by atoms with Gasteiger partial charge in [-0.25, -0.2) is 0 Å². The summed E-state index contributed by atoms with van der Waals surface area (Å²) in [5.41, 5.74) is 0. The molecule has 0 aromatic carbocycles. The van der Waals surface area contributed by atoms with E-state index in [1.807, 2.05) is 27.7 Å². The maximum absolute atomic E-state index is 12.2. The third kappa shape index (κ3) is 8.28. The summed E-state index contributed by atoms with van der Waals surface area (Å²) in [6.07, 6.45) is 0.746. The van der Waals surface area contributed by atoms with E-state index < -0.39 is 7.60 Å². The van der Waals surface area contributed by atoms with Crippen LogP contribution in [0.2, 0.25) is 0 Å². The van der Waals surface area contributed by atoms with Crippen molar-refractivity contribution >= 4 is 7.60 Å². The van der Waals surface area contributed by atoms with Crippen LogP contribution < -0.4 is 0 Å². The second-order valence-corrected chi connectivity index (χ2v) is 6.98. The summed E-state index contributed by atoms with van der Waals surface area (Å²) in [6.45, 7) is 8.87. The summed E-state index contributed by atoms with van der Waals surface area (Å²) in [4.78, 5) is 0. The highest BCUT2D eigenvalue weighted by atomic mass is 31.2. The van der Waals surface area contributed by atoms with Crippen LogP contribution in [0.5, 0.6) is 0 Å². The number of hydrogen-bond donors (Lipinski definition) is 1. The SMILES string of the molecule is CC(C)COP(=O)(CCCO)OCC(C)C. The average molecular weight is 252 g/mol. The van der Waals surface area contributed by atoms with Crippen molar-refractivity contribution in [2.45, 2.75) is 34.1 Å². The molecule has 0 aromatic heterocycles. The van der Waals surface area contributed by atoms with Gasteiger partial charge in [-0.15, -0.1) is 0 Å². The van der Waals surface area contributed by atoms with Crippen molar-refractivity contribution in [3.05, 3.63) is 0 Å². The van der Waals surface area contributed by atoms with E-state index in [9.17, 15) is 4.57 Å². The molecule has 5 heteroatoms. The van der Waals surface area contributed by atoms with Crippen molar-refractivity contribution in [3.63, 3.8) is 0 Å². The summed E-state index contributed by atoms with van der Waals surface area (Å²) < 4.78 is 23.0. The minimum atomic E-state index is -3.00. The Hall–Kier alpha value is 0.110. The topological polar surface area (TPSA) is 55.8 Å². The van der Waals surface area contributed by atoms with Crippen molar-refractivity contribution < 1.29 is 18.7 Å². The summed E-state index contributed by atoms with van der Waals surface area (Å²) in [5, 5.41) is 8.75. The van der Waals surface area contributed by atoms with Gasteiger partial charge in [0.15, 0.2) is 0 Å². The summed E-state index contributed by atoms with van der Waals surface area (Å²) >= 11 is 0. The molecule has 0 aromatic rings. The first kappa shape index (κ1) is 16.1. The lowest BCUT2D eigenvalue weighted by Crippen LogP contribution is -2.09. The molecule has 4 nitrogen and oxygen atoms in total. The maximum Gasteiger partial charge on any atom is 0.330 e. The first-order valence-corrected chi connectivity index (χ1v) is 7.61. The fourth-order valence-corrected chi connectivity index (χ4v) is 2.87. The number of aliphatic hydroxyl groups excluding tert-OH is 1. The highest BCUT2D eigenvalue weighted by Gasteiger charge is 2.24. The molecule has 0 saturated carbocycles. The van der Waals surface area contributed by atoms with Gasteiger partial charge in [-0.1, -0.05) is 27.7 Å². The predicted molar refractivity (Wildman–Crippen MR) is 65.8 cm³/mol. The quantitative estimate of drug-likeness (QED) is 0.641. The van der Waals surface area contributed by atoms with Crippen LogP contribution in [0.25, 0.3) is 0 Å². The maximum atomic E-state index is 12.2. The summed E-state index contributed by atoms with van der Waals surface area (Å²) in [6, 6.07) is 0. The number of aliphatic hydroxyl groups is 1. The average Bonchev–Trinajstić information content (AvgIpc) is 2.21. The summed E-state index contributed by atoms with van der Waals surface area (Å²) in [5.74, 6) is 0.648. The molecule has 0 aliphatic rings. The summed E-state index contributed by atoms with van der Waals surface area (Å²) in [7, 11) is -3.00. The Morgan fingerprint density at radius 1 is 1.06 bits per heavy atom. The molecule has 16 heavy (non-hydrogen) atoms. The molecule has 0 aliphatic carbocycles. The van der Waals surface area contributed by atoms with E-state index >= 15 is 0 Å². The fourth-order valence-electron chi connectivity index (χ4n) is 0.956. The van der Waals surface area contributed by atoms with Crippen LogP contribution in [0.4, 0.5) is 0 Å². The highest BCUT2D eigenvalue weighted by Crippen LogP contribution is 2.49. The van der Waals surface area contributed by atoms with Gasteiger partial charge < -0.3 is 14.2 Å². The molecule has 98 valence electrons. The van der Waals surface area contributed by atoms with Crippen molar-refractivity contribution in [2.75, 3.05) is 26.0 Å². The first-order valence-electron chi connectivity index (χ1n) is 5.88. The Morgan fingerprint density at radius 2 is 1.50 bits per heavy atom. The molecule has 0 bridgehead atoms. The monoisotopic (exact) mass is 252 g/mol. The van der Waals surface area contributed by atoms with Gasteiger partial charge in [-0.2, -0.15) is 0 Å². The molecule has 0 spiro atoms. The zero-order valence-corrected chi connectivity index (χ0v) is 11.7. The van der Waals surface area contributed by atoms with Crippen molar-refractivity contribution in [1.29, 1.82) is 0 Å². The van der Waals surface area contributed by atoms with Gasteiger partial charge in [-0.3, -0.25) is 4.57 Å². The van der Waals surface area contributed by atoms with Crippen LogP contribution in [0.3, 0.4) is 0 Å². The minimum Gasteiger partial charge on any atom is -0.396 e. The number of rotatable bonds is 9. The van der Waals surface area contributed by atoms with Gasteiger partial charge in [0, 0.05) is 6.61 Å². The van der Waals surface area contributed by atoms with E-state index in [-0.39, 0.29) is 6.61 Å². The van der Waals surface area contributed by atoms with Crippen LogP contribution >= 0.6 is 7.60 Å². The third-order valence-corrected chi connectivity index (χ3v) is 3.75. The molecule has 1 N–H and O–H groups in total. The molecular weight excluding hydrogens is 227 g/mol. The van der Waals surface area contributed by atoms with E-state index in [4.69, 9.17) is 14.2 Å². The second-order valence-electron chi connectivity index (χ2n) is 4.79.